The lowest BCUT2D eigenvalue weighted by atomic mass is 10.0. The van der Waals surface area contributed by atoms with Gasteiger partial charge in [-0.05, 0) is 49.9 Å². The summed E-state index contributed by atoms with van der Waals surface area (Å²) >= 11 is 5.93. The number of nitrogens with zero attached hydrogens (tertiary/aromatic N) is 2. The minimum Gasteiger partial charge on any atom is -0.341 e. The van der Waals surface area contributed by atoms with Crippen molar-refractivity contribution in [2.75, 3.05) is 20.1 Å². The van der Waals surface area contributed by atoms with Crippen LogP contribution in [0.25, 0.3) is 0 Å². The van der Waals surface area contributed by atoms with Gasteiger partial charge in [-0.3, -0.25) is 9.69 Å². The van der Waals surface area contributed by atoms with E-state index >= 15 is 0 Å². The van der Waals surface area contributed by atoms with Gasteiger partial charge in [0.15, 0.2) is 0 Å². The summed E-state index contributed by atoms with van der Waals surface area (Å²) in [5.74, 6) is 0.676. The third-order valence-electron chi connectivity index (χ3n) is 4.62. The van der Waals surface area contributed by atoms with E-state index in [1.165, 1.54) is 12.0 Å². The summed E-state index contributed by atoms with van der Waals surface area (Å²) in [5.41, 5.74) is 1.29. The van der Waals surface area contributed by atoms with Gasteiger partial charge in [-0.15, -0.1) is 0 Å². The van der Waals surface area contributed by atoms with E-state index in [4.69, 9.17) is 11.6 Å². The number of likely N-dealkylation sites (tertiary alicyclic amines) is 1. The van der Waals surface area contributed by atoms with Crippen molar-refractivity contribution in [3.63, 3.8) is 0 Å². The van der Waals surface area contributed by atoms with Crippen LogP contribution in [0, 0.1) is 5.92 Å². The number of rotatable bonds is 4. The monoisotopic (exact) mass is 306 g/mol. The minimum absolute atomic E-state index is 0.321. The number of hydrogen-bond donors (Lipinski definition) is 0. The second kappa shape index (κ2) is 6.37. The Balaban J connectivity index is 1.57. The molecule has 3 nitrogen and oxygen atoms in total. The number of hydrogen-bond acceptors (Lipinski definition) is 2. The molecule has 1 atom stereocenters. The highest BCUT2D eigenvalue weighted by Crippen LogP contribution is 2.32. The highest BCUT2D eigenvalue weighted by molar-refractivity contribution is 6.30. The Bertz CT molecular complexity index is 498. The Labute approximate surface area is 131 Å². The van der Waals surface area contributed by atoms with Crippen LogP contribution in [0.3, 0.4) is 0 Å². The van der Waals surface area contributed by atoms with Gasteiger partial charge >= 0.3 is 0 Å². The first-order valence-corrected chi connectivity index (χ1v) is 8.25. The summed E-state index contributed by atoms with van der Waals surface area (Å²) in [7, 11) is 1.98. The molecule has 0 spiro atoms. The summed E-state index contributed by atoms with van der Waals surface area (Å²) in [6, 6.07) is 8.44. The molecule has 3 rings (SSSR count). The predicted molar refractivity (Wildman–Crippen MR) is 85.2 cm³/mol. The van der Waals surface area contributed by atoms with Gasteiger partial charge in [0.1, 0.15) is 0 Å². The van der Waals surface area contributed by atoms with Crippen molar-refractivity contribution in [3.8, 4) is 0 Å². The largest absolute Gasteiger partial charge is 0.341 e. The molecule has 0 N–H and O–H groups in total. The number of amides is 1. The molecule has 2 fully saturated rings. The molecule has 1 heterocycles. The zero-order valence-electron chi connectivity index (χ0n) is 12.6. The fraction of sp³-hybridized carbons (Fsp3) is 0.588. The highest BCUT2D eigenvalue weighted by Gasteiger charge is 2.35. The third-order valence-corrected chi connectivity index (χ3v) is 4.87. The zero-order chi connectivity index (χ0) is 14.8. The summed E-state index contributed by atoms with van der Waals surface area (Å²) in [6.07, 6.45) is 4.47. The van der Waals surface area contributed by atoms with Crippen LogP contribution in [0.5, 0.6) is 0 Å². The van der Waals surface area contributed by atoms with Crippen molar-refractivity contribution in [1.29, 1.82) is 0 Å². The Morgan fingerprint density at radius 1 is 1.29 bits per heavy atom. The van der Waals surface area contributed by atoms with E-state index in [0.717, 1.165) is 43.9 Å². The molecule has 114 valence electrons. The van der Waals surface area contributed by atoms with Crippen molar-refractivity contribution >= 4 is 17.5 Å². The molecule has 1 saturated carbocycles. The van der Waals surface area contributed by atoms with Crippen molar-refractivity contribution in [3.05, 3.63) is 34.9 Å². The summed E-state index contributed by atoms with van der Waals surface area (Å²) in [5, 5.41) is 0.782. The molecule has 0 radical (unpaired) electrons. The van der Waals surface area contributed by atoms with Gasteiger partial charge in [-0.2, -0.15) is 0 Å². The standard InChI is InChI=1S/C17H23ClN2O/c1-19(17(21)14-6-7-14)16-3-2-10-20(12-16)11-13-4-8-15(18)9-5-13/h4-5,8-9,14,16H,2-3,6-7,10-12H2,1H3. The Morgan fingerprint density at radius 3 is 2.67 bits per heavy atom. The van der Waals surface area contributed by atoms with Crippen LogP contribution >= 0.6 is 11.6 Å². The molecular formula is C17H23ClN2O. The molecule has 21 heavy (non-hydrogen) atoms. The third kappa shape index (κ3) is 3.78. The molecule has 1 aliphatic carbocycles. The number of carbonyl (C=O) groups excluding carboxylic acids is 1. The fourth-order valence-electron chi connectivity index (χ4n) is 3.14. The van der Waals surface area contributed by atoms with Gasteiger partial charge in [0.25, 0.3) is 0 Å². The molecule has 1 aromatic carbocycles. The molecule has 1 aliphatic heterocycles. The second-order valence-corrected chi connectivity index (χ2v) is 6.82. The van der Waals surface area contributed by atoms with E-state index < -0.39 is 0 Å². The topological polar surface area (TPSA) is 23.6 Å². The normalized spacial score (nSPS) is 23.0. The van der Waals surface area contributed by atoms with Crippen LogP contribution in [0.2, 0.25) is 5.02 Å². The average Bonchev–Trinajstić information content (AvgIpc) is 3.33. The Kier molecular flexibility index (Phi) is 4.51. The summed E-state index contributed by atoms with van der Waals surface area (Å²) in [4.78, 5) is 16.7. The van der Waals surface area contributed by atoms with Gasteiger partial charge < -0.3 is 4.90 Å². The number of benzene rings is 1. The maximum absolute atomic E-state index is 12.2. The molecule has 0 bridgehead atoms. The molecule has 1 amide bonds. The van der Waals surface area contributed by atoms with Crippen molar-refractivity contribution in [1.82, 2.24) is 9.80 Å². The van der Waals surface area contributed by atoms with Gasteiger partial charge in [-0.25, -0.2) is 0 Å². The SMILES string of the molecule is CN(C(=O)C1CC1)C1CCCN(Cc2ccc(Cl)cc2)C1. The molecule has 4 heteroatoms. The minimum atomic E-state index is 0.321. The molecule has 0 aromatic heterocycles. The smallest absolute Gasteiger partial charge is 0.225 e. The van der Waals surface area contributed by atoms with E-state index in [2.05, 4.69) is 17.0 Å². The van der Waals surface area contributed by atoms with Crippen LogP contribution in [0.1, 0.15) is 31.2 Å². The number of piperidine rings is 1. The number of likely N-dealkylation sites (N-methyl/N-ethyl adjacent to an activating group) is 1. The van der Waals surface area contributed by atoms with Crippen molar-refractivity contribution < 1.29 is 4.79 Å². The Hall–Kier alpha value is -1.06. The van der Waals surface area contributed by atoms with E-state index in [9.17, 15) is 4.79 Å². The molecule has 1 unspecified atom stereocenters. The maximum Gasteiger partial charge on any atom is 0.225 e. The van der Waals surface area contributed by atoms with Gasteiger partial charge in [0.2, 0.25) is 5.91 Å². The highest BCUT2D eigenvalue weighted by atomic mass is 35.5. The molecule has 1 saturated heterocycles. The van der Waals surface area contributed by atoms with Gasteiger partial charge in [0.05, 0.1) is 0 Å². The molecule has 1 aromatic rings. The summed E-state index contributed by atoms with van der Waals surface area (Å²) in [6.45, 7) is 3.04. The van der Waals surface area contributed by atoms with E-state index in [0.29, 0.717) is 17.9 Å². The first-order chi connectivity index (χ1) is 10.1. The zero-order valence-corrected chi connectivity index (χ0v) is 13.4. The fourth-order valence-corrected chi connectivity index (χ4v) is 3.26. The molecule has 2 aliphatic rings. The second-order valence-electron chi connectivity index (χ2n) is 6.38. The van der Waals surface area contributed by atoms with Crippen LogP contribution < -0.4 is 0 Å². The lowest BCUT2D eigenvalue weighted by Gasteiger charge is -2.37. The van der Waals surface area contributed by atoms with Crippen molar-refractivity contribution in [2.45, 2.75) is 38.3 Å². The van der Waals surface area contributed by atoms with Crippen LogP contribution in [-0.2, 0) is 11.3 Å². The predicted octanol–water partition coefficient (Wildman–Crippen LogP) is 3.17. The first kappa shape index (κ1) is 14.9. The van der Waals surface area contributed by atoms with Crippen LogP contribution in [0.4, 0.5) is 0 Å². The average molecular weight is 307 g/mol. The van der Waals surface area contributed by atoms with Gasteiger partial charge in [-0.1, -0.05) is 23.7 Å². The first-order valence-electron chi connectivity index (χ1n) is 7.87. The Morgan fingerprint density at radius 2 is 2.00 bits per heavy atom. The summed E-state index contributed by atoms with van der Waals surface area (Å²) < 4.78 is 0. The lowest BCUT2D eigenvalue weighted by Crippen LogP contribution is -2.48. The van der Waals surface area contributed by atoms with E-state index in [1.807, 2.05) is 24.1 Å². The lowest BCUT2D eigenvalue weighted by molar-refractivity contribution is -0.134. The van der Waals surface area contributed by atoms with E-state index in [-0.39, 0.29) is 0 Å². The van der Waals surface area contributed by atoms with Crippen molar-refractivity contribution in [2.24, 2.45) is 5.92 Å². The van der Waals surface area contributed by atoms with Gasteiger partial charge in [0, 0.05) is 37.1 Å². The maximum atomic E-state index is 12.2. The number of halogens is 1. The quantitative estimate of drug-likeness (QED) is 0.853. The van der Waals surface area contributed by atoms with E-state index in [1.54, 1.807) is 0 Å². The van der Waals surface area contributed by atoms with Crippen LogP contribution in [0.15, 0.2) is 24.3 Å². The number of carbonyl (C=O) groups is 1. The van der Waals surface area contributed by atoms with Crippen LogP contribution in [-0.4, -0.2) is 41.9 Å². The molecular weight excluding hydrogens is 284 g/mol.